The first-order valence-corrected chi connectivity index (χ1v) is 9.80. The maximum Gasteiger partial charge on any atom is 0.414 e. The number of halogens is 1. The molecule has 29 heavy (non-hydrogen) atoms. The zero-order chi connectivity index (χ0) is 20.0. The second-order valence-electron chi connectivity index (χ2n) is 8.03. The van der Waals surface area contributed by atoms with Crippen LogP contribution in [-0.2, 0) is 11.3 Å². The number of cyclic esters (lactones) is 1. The van der Waals surface area contributed by atoms with E-state index in [0.717, 1.165) is 25.9 Å². The van der Waals surface area contributed by atoms with Crippen LogP contribution in [0.5, 0.6) is 0 Å². The van der Waals surface area contributed by atoms with Gasteiger partial charge >= 0.3 is 6.09 Å². The molecule has 3 heterocycles. The third-order valence-electron chi connectivity index (χ3n) is 6.20. The summed E-state index contributed by atoms with van der Waals surface area (Å²) in [6.07, 6.45) is 3.97. The van der Waals surface area contributed by atoms with Crippen LogP contribution in [0.1, 0.15) is 12.8 Å². The molecule has 3 fully saturated rings. The summed E-state index contributed by atoms with van der Waals surface area (Å²) in [6, 6.07) is 4.77. The number of fused-ring (bicyclic) bond motifs is 1. The lowest BCUT2D eigenvalue weighted by molar-refractivity contribution is 0.129. The van der Waals surface area contributed by atoms with E-state index in [2.05, 4.69) is 15.5 Å². The molecule has 0 bridgehead atoms. The first-order valence-electron chi connectivity index (χ1n) is 9.80. The molecular formula is C19H21FN6O3. The van der Waals surface area contributed by atoms with Crippen LogP contribution in [0.2, 0.25) is 0 Å². The summed E-state index contributed by atoms with van der Waals surface area (Å²) in [4.78, 5) is 26.5. The Hall–Kier alpha value is -3.04. The lowest BCUT2D eigenvalue weighted by Crippen LogP contribution is -2.27. The number of hydrogen-bond acceptors (Lipinski definition) is 7. The number of hydrogen-bond donors (Lipinski definition) is 0. The molecule has 2 aromatic rings. The monoisotopic (exact) mass is 400 g/mol. The van der Waals surface area contributed by atoms with Crippen LogP contribution in [-0.4, -0.2) is 52.9 Å². The van der Waals surface area contributed by atoms with Crippen molar-refractivity contribution in [1.82, 2.24) is 15.0 Å². The van der Waals surface area contributed by atoms with Crippen molar-refractivity contribution in [3.63, 3.8) is 0 Å². The zero-order valence-electron chi connectivity index (χ0n) is 15.7. The first-order chi connectivity index (χ1) is 14.1. The number of aromatic nitrogens is 3. The molecule has 1 aliphatic carbocycles. The number of amides is 1. The average molecular weight is 400 g/mol. The van der Waals surface area contributed by atoms with Crippen molar-refractivity contribution in [2.75, 3.05) is 29.4 Å². The van der Waals surface area contributed by atoms with Crippen molar-refractivity contribution >= 4 is 17.5 Å². The molecule has 5 rings (SSSR count). The normalized spacial score (nSPS) is 28.7. The van der Waals surface area contributed by atoms with Gasteiger partial charge in [-0.25, -0.2) is 13.9 Å². The minimum Gasteiger partial charge on any atom is -0.442 e. The Morgan fingerprint density at radius 3 is 2.66 bits per heavy atom. The maximum atomic E-state index is 14.9. The summed E-state index contributed by atoms with van der Waals surface area (Å²) in [6.45, 7) is 2.19. The Morgan fingerprint density at radius 2 is 2.00 bits per heavy atom. The molecule has 1 amide bonds. The molecule has 0 radical (unpaired) electrons. The number of carbonyl (C=O) groups is 1. The third kappa shape index (κ3) is 3.32. The van der Waals surface area contributed by atoms with E-state index in [9.17, 15) is 14.1 Å². The fourth-order valence-electron chi connectivity index (χ4n) is 4.84. The summed E-state index contributed by atoms with van der Waals surface area (Å²) in [5.41, 5.74) is 1.01. The molecule has 152 valence electrons. The van der Waals surface area contributed by atoms with Crippen LogP contribution in [0.3, 0.4) is 0 Å². The Kier molecular flexibility index (Phi) is 4.40. The van der Waals surface area contributed by atoms with Gasteiger partial charge < -0.3 is 9.64 Å². The second-order valence-corrected chi connectivity index (χ2v) is 8.03. The third-order valence-corrected chi connectivity index (χ3v) is 6.20. The molecule has 3 aliphatic rings. The van der Waals surface area contributed by atoms with Gasteiger partial charge in [0.1, 0.15) is 11.9 Å². The number of ether oxygens (including phenoxy) is 1. The van der Waals surface area contributed by atoms with Gasteiger partial charge in [0.05, 0.1) is 36.7 Å². The summed E-state index contributed by atoms with van der Waals surface area (Å²) in [7, 11) is 0. The van der Waals surface area contributed by atoms with Gasteiger partial charge in [0.15, 0.2) is 0 Å². The molecule has 2 unspecified atom stereocenters. The predicted octanol–water partition coefficient (Wildman–Crippen LogP) is 2.42. The zero-order valence-corrected chi connectivity index (χ0v) is 15.7. The van der Waals surface area contributed by atoms with Crippen LogP contribution in [0.25, 0.3) is 0 Å². The molecule has 2 saturated heterocycles. The largest absolute Gasteiger partial charge is 0.442 e. The molecule has 0 N–H and O–H groups in total. The molecular weight excluding hydrogens is 379 g/mol. The van der Waals surface area contributed by atoms with E-state index < -0.39 is 6.09 Å². The predicted molar refractivity (Wildman–Crippen MR) is 102 cm³/mol. The lowest BCUT2D eigenvalue weighted by Gasteiger charge is -2.22. The summed E-state index contributed by atoms with van der Waals surface area (Å²) in [5, 5.41) is 10.8. The van der Waals surface area contributed by atoms with Crippen LogP contribution in [0.4, 0.5) is 20.6 Å². The van der Waals surface area contributed by atoms with E-state index in [1.165, 1.54) is 11.0 Å². The summed E-state index contributed by atoms with van der Waals surface area (Å²) < 4.78 is 21.9. The molecule has 1 aromatic carbocycles. The fourth-order valence-corrected chi connectivity index (χ4v) is 4.84. The highest BCUT2D eigenvalue weighted by molar-refractivity contribution is 5.90. The SMILES string of the molecule is O=NC1CC2CN(c3ccc(N4C[C@H](Cn5ccnn5)OC4=O)cc3F)CC2C1. The van der Waals surface area contributed by atoms with Gasteiger partial charge in [-0.2, -0.15) is 4.91 Å². The van der Waals surface area contributed by atoms with Crippen molar-refractivity contribution in [2.45, 2.75) is 31.5 Å². The number of nitrogens with zero attached hydrogens (tertiary/aromatic N) is 6. The quantitative estimate of drug-likeness (QED) is 0.716. The van der Waals surface area contributed by atoms with E-state index in [1.54, 1.807) is 29.2 Å². The Labute approximate surface area is 166 Å². The van der Waals surface area contributed by atoms with Gasteiger partial charge in [-0.15, -0.1) is 5.10 Å². The Morgan fingerprint density at radius 1 is 1.21 bits per heavy atom. The topological polar surface area (TPSA) is 92.9 Å². The number of carbonyl (C=O) groups excluding carboxylic acids is 1. The van der Waals surface area contributed by atoms with E-state index in [1.807, 2.05) is 4.90 Å². The Balaban J connectivity index is 1.27. The smallest absolute Gasteiger partial charge is 0.414 e. The van der Waals surface area contributed by atoms with Crippen LogP contribution >= 0.6 is 0 Å². The molecule has 3 atom stereocenters. The minimum atomic E-state index is -0.495. The fraction of sp³-hybridized carbons (Fsp3) is 0.526. The number of nitroso groups, excluding NO2 is 1. The molecule has 0 spiro atoms. The average Bonchev–Trinajstić information content (AvgIpc) is 3.46. The van der Waals surface area contributed by atoms with E-state index in [4.69, 9.17) is 4.74 Å². The van der Waals surface area contributed by atoms with Gasteiger partial charge in [0, 0.05) is 19.3 Å². The molecule has 1 saturated carbocycles. The van der Waals surface area contributed by atoms with Crippen molar-refractivity contribution in [3.05, 3.63) is 41.3 Å². The maximum absolute atomic E-state index is 14.9. The number of anilines is 2. The standard InChI is InChI=1S/C19H21FN6O3/c20-17-7-15(26-11-16(29-19(26)27)10-25-4-3-21-23-25)1-2-18(17)24-8-12-5-14(22-28)6-13(12)9-24/h1-4,7,12-14,16H,5-6,8-11H2/t12?,13?,14?,16-/m0/s1. The summed E-state index contributed by atoms with van der Waals surface area (Å²) in [5.74, 6) is 0.422. The Bertz CT molecular complexity index is 909. The second kappa shape index (κ2) is 7.09. The number of benzene rings is 1. The van der Waals surface area contributed by atoms with Crippen molar-refractivity contribution in [3.8, 4) is 0 Å². The molecule has 1 aromatic heterocycles. The number of rotatable bonds is 5. The highest BCUT2D eigenvalue weighted by atomic mass is 19.1. The van der Waals surface area contributed by atoms with E-state index in [0.29, 0.717) is 36.3 Å². The van der Waals surface area contributed by atoms with Crippen LogP contribution in [0, 0.1) is 22.6 Å². The van der Waals surface area contributed by atoms with Gasteiger partial charge in [0.25, 0.3) is 0 Å². The van der Waals surface area contributed by atoms with Crippen LogP contribution in [0.15, 0.2) is 35.8 Å². The highest BCUT2D eigenvalue weighted by Crippen LogP contribution is 2.42. The van der Waals surface area contributed by atoms with Gasteiger partial charge in [-0.1, -0.05) is 10.4 Å². The highest BCUT2D eigenvalue weighted by Gasteiger charge is 2.42. The van der Waals surface area contributed by atoms with E-state index >= 15 is 0 Å². The van der Waals surface area contributed by atoms with Crippen molar-refractivity contribution in [1.29, 1.82) is 0 Å². The molecule has 2 aliphatic heterocycles. The molecule has 10 heteroatoms. The van der Waals surface area contributed by atoms with Crippen LogP contribution < -0.4 is 9.80 Å². The van der Waals surface area contributed by atoms with E-state index in [-0.39, 0.29) is 18.0 Å². The minimum absolute atomic E-state index is 0.0916. The van der Waals surface area contributed by atoms with Crippen molar-refractivity contribution < 1.29 is 13.9 Å². The lowest BCUT2D eigenvalue weighted by atomic mass is 10.0. The summed E-state index contributed by atoms with van der Waals surface area (Å²) >= 11 is 0. The first kappa shape index (κ1) is 18.0. The van der Waals surface area contributed by atoms with Gasteiger partial charge in [0.2, 0.25) is 0 Å². The van der Waals surface area contributed by atoms with Crippen molar-refractivity contribution in [2.24, 2.45) is 17.0 Å². The molecule has 9 nitrogen and oxygen atoms in total. The van der Waals surface area contributed by atoms with Gasteiger partial charge in [-0.05, 0) is 42.9 Å². The van der Waals surface area contributed by atoms with Gasteiger partial charge in [-0.3, -0.25) is 4.90 Å².